The van der Waals surface area contributed by atoms with Crippen LogP contribution in [0.5, 0.6) is 0 Å². The van der Waals surface area contributed by atoms with Gasteiger partial charge in [0.1, 0.15) is 12.1 Å². The highest BCUT2D eigenvalue weighted by atomic mass is 16.3. The van der Waals surface area contributed by atoms with Crippen molar-refractivity contribution in [3.05, 3.63) is 0 Å². The molecule has 98 valence electrons. The van der Waals surface area contributed by atoms with E-state index in [1.54, 1.807) is 0 Å². The summed E-state index contributed by atoms with van der Waals surface area (Å²) in [6.45, 7) is 7.69. The van der Waals surface area contributed by atoms with E-state index in [-0.39, 0.29) is 17.4 Å². The summed E-state index contributed by atoms with van der Waals surface area (Å²) in [4.78, 5) is 25.2. The molecule has 0 saturated carbocycles. The lowest BCUT2D eigenvalue weighted by molar-refractivity contribution is -0.144. The third kappa shape index (κ3) is 3.70. The summed E-state index contributed by atoms with van der Waals surface area (Å²) in [6, 6.07) is -0.434. The predicted octanol–water partition coefficient (Wildman–Crippen LogP) is 0.273. The summed E-state index contributed by atoms with van der Waals surface area (Å²) in [6.07, 6.45) is 0.430. The van der Waals surface area contributed by atoms with Gasteiger partial charge in [0.05, 0.1) is 0 Å². The zero-order chi connectivity index (χ0) is 13.2. The zero-order valence-electron chi connectivity index (χ0n) is 11.0. The Balaban J connectivity index is 2.70. The highest BCUT2D eigenvalue weighted by Gasteiger charge is 2.36. The number of nitrogens with one attached hydrogen (secondary N) is 1. The van der Waals surface area contributed by atoms with Crippen LogP contribution in [0.4, 0.5) is 0 Å². The standard InChI is InChI=1S/C12H22N2O3/c1-8(15)11(17)14-7-5-6-9(14)10(16)13-12(2,3)4/h8-9,15H,5-7H2,1-4H3,(H,13,16)/t8-,9-/m0/s1. The fourth-order valence-electron chi connectivity index (χ4n) is 2.00. The molecule has 2 amide bonds. The monoisotopic (exact) mass is 242 g/mol. The minimum absolute atomic E-state index is 0.135. The van der Waals surface area contributed by atoms with E-state index in [1.807, 2.05) is 20.8 Å². The molecule has 5 nitrogen and oxygen atoms in total. The Morgan fingerprint density at radius 2 is 2.00 bits per heavy atom. The molecule has 5 heteroatoms. The van der Waals surface area contributed by atoms with Crippen molar-refractivity contribution in [2.24, 2.45) is 0 Å². The number of aliphatic hydroxyl groups is 1. The quantitative estimate of drug-likeness (QED) is 0.730. The van der Waals surface area contributed by atoms with Crippen molar-refractivity contribution < 1.29 is 14.7 Å². The number of aliphatic hydroxyl groups excluding tert-OH is 1. The fraction of sp³-hybridized carbons (Fsp3) is 0.833. The number of carbonyl (C=O) groups is 2. The molecule has 2 atom stereocenters. The third-order valence-corrected chi connectivity index (χ3v) is 2.69. The van der Waals surface area contributed by atoms with Crippen LogP contribution in [-0.2, 0) is 9.59 Å². The van der Waals surface area contributed by atoms with Gasteiger partial charge in [-0.2, -0.15) is 0 Å². The topological polar surface area (TPSA) is 69.6 Å². The maximum atomic E-state index is 12.0. The number of carbonyl (C=O) groups excluding carboxylic acids is 2. The molecule has 0 radical (unpaired) electrons. The zero-order valence-corrected chi connectivity index (χ0v) is 11.0. The SMILES string of the molecule is C[C@H](O)C(=O)N1CCC[C@H]1C(=O)NC(C)(C)C. The van der Waals surface area contributed by atoms with Gasteiger partial charge in [-0.05, 0) is 40.5 Å². The van der Waals surface area contributed by atoms with Crippen molar-refractivity contribution in [1.29, 1.82) is 0 Å². The van der Waals surface area contributed by atoms with E-state index in [4.69, 9.17) is 0 Å². The average molecular weight is 242 g/mol. The van der Waals surface area contributed by atoms with E-state index in [0.29, 0.717) is 13.0 Å². The predicted molar refractivity (Wildman–Crippen MR) is 64.3 cm³/mol. The van der Waals surface area contributed by atoms with Gasteiger partial charge in [0.2, 0.25) is 5.91 Å². The summed E-state index contributed by atoms with van der Waals surface area (Å²) in [5, 5.41) is 12.2. The molecule has 1 aliphatic rings. The Labute approximate surface area is 102 Å². The maximum Gasteiger partial charge on any atom is 0.251 e. The van der Waals surface area contributed by atoms with Gasteiger partial charge in [0, 0.05) is 12.1 Å². The Bertz CT molecular complexity index is 307. The van der Waals surface area contributed by atoms with Gasteiger partial charge in [-0.25, -0.2) is 0 Å². The number of nitrogens with zero attached hydrogens (tertiary/aromatic N) is 1. The van der Waals surface area contributed by atoms with Gasteiger partial charge in [-0.15, -0.1) is 0 Å². The summed E-state index contributed by atoms with van der Waals surface area (Å²) in [7, 11) is 0. The second kappa shape index (κ2) is 5.04. The molecule has 17 heavy (non-hydrogen) atoms. The first kappa shape index (κ1) is 14.0. The molecule has 1 aliphatic heterocycles. The third-order valence-electron chi connectivity index (χ3n) is 2.69. The van der Waals surface area contributed by atoms with Crippen LogP contribution in [0, 0.1) is 0 Å². The molecule has 1 rings (SSSR count). The largest absolute Gasteiger partial charge is 0.384 e. The van der Waals surface area contributed by atoms with E-state index in [9.17, 15) is 14.7 Å². The second-order valence-electron chi connectivity index (χ2n) is 5.60. The normalized spacial score (nSPS) is 22.4. The Kier molecular flexibility index (Phi) is 4.14. The van der Waals surface area contributed by atoms with Crippen LogP contribution in [-0.4, -0.2) is 46.1 Å². The van der Waals surface area contributed by atoms with Crippen molar-refractivity contribution in [3.63, 3.8) is 0 Å². The summed E-state index contributed by atoms with van der Waals surface area (Å²) in [5.74, 6) is -0.499. The van der Waals surface area contributed by atoms with Gasteiger partial charge >= 0.3 is 0 Å². The van der Waals surface area contributed by atoms with Crippen molar-refractivity contribution >= 4 is 11.8 Å². The molecule has 0 spiro atoms. The first-order valence-electron chi connectivity index (χ1n) is 6.03. The van der Waals surface area contributed by atoms with E-state index < -0.39 is 12.1 Å². The molecule has 0 unspecified atom stereocenters. The number of rotatable bonds is 2. The van der Waals surface area contributed by atoms with Crippen LogP contribution in [0.1, 0.15) is 40.5 Å². The fourth-order valence-corrected chi connectivity index (χ4v) is 2.00. The number of hydrogen-bond donors (Lipinski definition) is 2. The lowest BCUT2D eigenvalue weighted by atomic mass is 10.1. The Hall–Kier alpha value is -1.10. The molecule has 0 aromatic rings. The van der Waals surface area contributed by atoms with Crippen LogP contribution >= 0.6 is 0 Å². The van der Waals surface area contributed by atoms with Gasteiger partial charge in [0.25, 0.3) is 5.91 Å². The summed E-state index contributed by atoms with van der Waals surface area (Å²) >= 11 is 0. The first-order chi connectivity index (χ1) is 7.72. The van der Waals surface area contributed by atoms with Crippen LogP contribution in [0.25, 0.3) is 0 Å². The molecule has 0 aromatic heterocycles. The maximum absolute atomic E-state index is 12.0. The smallest absolute Gasteiger partial charge is 0.251 e. The lowest BCUT2D eigenvalue weighted by Gasteiger charge is -2.28. The molecular weight excluding hydrogens is 220 g/mol. The van der Waals surface area contributed by atoms with Gasteiger partial charge < -0.3 is 15.3 Å². The van der Waals surface area contributed by atoms with Gasteiger partial charge in [-0.1, -0.05) is 0 Å². The van der Waals surface area contributed by atoms with Crippen molar-refractivity contribution in [3.8, 4) is 0 Å². The van der Waals surface area contributed by atoms with E-state index in [2.05, 4.69) is 5.32 Å². The van der Waals surface area contributed by atoms with Gasteiger partial charge in [-0.3, -0.25) is 9.59 Å². The highest BCUT2D eigenvalue weighted by molar-refractivity contribution is 5.90. The summed E-state index contributed by atoms with van der Waals surface area (Å²) < 4.78 is 0. The van der Waals surface area contributed by atoms with Crippen LogP contribution in [0.15, 0.2) is 0 Å². The Morgan fingerprint density at radius 3 is 2.47 bits per heavy atom. The molecule has 2 N–H and O–H groups in total. The number of likely N-dealkylation sites (tertiary alicyclic amines) is 1. The molecule has 1 fully saturated rings. The van der Waals surface area contributed by atoms with Crippen molar-refractivity contribution in [2.75, 3.05) is 6.54 Å². The highest BCUT2D eigenvalue weighted by Crippen LogP contribution is 2.19. The van der Waals surface area contributed by atoms with E-state index >= 15 is 0 Å². The van der Waals surface area contributed by atoms with Crippen LogP contribution in [0.3, 0.4) is 0 Å². The van der Waals surface area contributed by atoms with Crippen LogP contribution < -0.4 is 5.32 Å². The van der Waals surface area contributed by atoms with E-state index in [0.717, 1.165) is 6.42 Å². The molecule has 0 bridgehead atoms. The van der Waals surface area contributed by atoms with E-state index in [1.165, 1.54) is 11.8 Å². The van der Waals surface area contributed by atoms with Crippen LogP contribution in [0.2, 0.25) is 0 Å². The minimum Gasteiger partial charge on any atom is -0.384 e. The molecule has 1 heterocycles. The number of hydrogen-bond acceptors (Lipinski definition) is 3. The first-order valence-corrected chi connectivity index (χ1v) is 6.03. The van der Waals surface area contributed by atoms with Gasteiger partial charge in [0.15, 0.2) is 0 Å². The summed E-state index contributed by atoms with van der Waals surface area (Å²) in [5.41, 5.74) is -0.306. The minimum atomic E-state index is -1.04. The lowest BCUT2D eigenvalue weighted by Crippen LogP contribution is -2.52. The molecule has 1 saturated heterocycles. The molecular formula is C12H22N2O3. The second-order valence-corrected chi connectivity index (χ2v) is 5.60. The molecule has 0 aromatic carbocycles. The van der Waals surface area contributed by atoms with Crippen molar-refractivity contribution in [2.45, 2.75) is 58.2 Å². The van der Waals surface area contributed by atoms with Crippen molar-refractivity contribution in [1.82, 2.24) is 10.2 Å². The average Bonchev–Trinajstić information content (AvgIpc) is 2.61. The molecule has 0 aliphatic carbocycles. The Morgan fingerprint density at radius 1 is 1.41 bits per heavy atom. The number of amides is 2.